The van der Waals surface area contributed by atoms with E-state index in [0.717, 1.165) is 101 Å². The molecular weight excluding hydrogens is 645 g/mol. The zero-order chi connectivity index (χ0) is 33.9. The smallest absolute Gasteiger partial charge is 0.221 e. The average molecular weight is 669 g/mol. The highest BCUT2D eigenvalue weighted by molar-refractivity contribution is 5.97. The lowest BCUT2D eigenvalue weighted by Gasteiger charge is -2.08. The second-order valence-corrected chi connectivity index (χ2v) is 13.0. The summed E-state index contributed by atoms with van der Waals surface area (Å²) >= 11 is 0. The molecule has 0 N–H and O–H groups in total. The number of para-hydroxylation sites is 8. The highest BCUT2D eigenvalue weighted by Crippen LogP contribution is 2.35. The molecule has 12 rings (SSSR count). The molecule has 0 aliphatic rings. The van der Waals surface area contributed by atoms with Gasteiger partial charge >= 0.3 is 0 Å². The van der Waals surface area contributed by atoms with Crippen LogP contribution in [0.1, 0.15) is 0 Å². The van der Waals surface area contributed by atoms with Gasteiger partial charge in [-0.3, -0.25) is 27.9 Å². The summed E-state index contributed by atoms with van der Waals surface area (Å²) in [5, 5.41) is 0. The lowest BCUT2D eigenvalue weighted by atomic mass is 10.0. The zero-order valence-electron chi connectivity index (χ0n) is 27.3. The molecule has 0 aliphatic carbocycles. The van der Waals surface area contributed by atoms with Crippen LogP contribution in [-0.4, -0.2) is 47.8 Å². The fourth-order valence-corrected chi connectivity index (χ4v) is 7.72. The Morgan fingerprint density at radius 3 is 1.19 bits per heavy atom. The van der Waals surface area contributed by atoms with E-state index in [1.165, 1.54) is 0 Å². The summed E-state index contributed by atoms with van der Waals surface area (Å²) in [6, 6.07) is 45.5. The Morgan fingerprint density at radius 2 is 0.731 bits per heavy atom. The Morgan fingerprint density at radius 1 is 0.327 bits per heavy atom. The molecule has 0 saturated heterocycles. The number of fused-ring (bicyclic) bond motifs is 12. The van der Waals surface area contributed by atoms with Gasteiger partial charge in [0.05, 0.1) is 78.6 Å². The maximum Gasteiger partial charge on any atom is 0.221 e. The van der Waals surface area contributed by atoms with Crippen molar-refractivity contribution in [3.8, 4) is 22.8 Å². The Hall–Kier alpha value is -7.46. The minimum absolute atomic E-state index is 0.718. The normalized spacial score (nSPS) is 12.2. The van der Waals surface area contributed by atoms with Crippen molar-refractivity contribution in [1.29, 1.82) is 0 Å². The first-order valence-electron chi connectivity index (χ1n) is 17.0. The minimum atomic E-state index is 0.718. The molecule has 242 valence electrons. The van der Waals surface area contributed by atoms with Crippen molar-refractivity contribution >= 4 is 77.8 Å². The predicted molar refractivity (Wildman–Crippen MR) is 204 cm³/mol. The van der Waals surface area contributed by atoms with Gasteiger partial charge in [0.15, 0.2) is 11.6 Å². The van der Waals surface area contributed by atoms with E-state index in [0.29, 0.717) is 0 Å². The van der Waals surface area contributed by atoms with Gasteiger partial charge < -0.3 is 0 Å². The minimum Gasteiger partial charge on any atom is -0.276 e. The van der Waals surface area contributed by atoms with Gasteiger partial charge in [-0.2, -0.15) is 0 Å². The third-order valence-corrected chi connectivity index (χ3v) is 10.1. The molecule has 0 fully saturated rings. The van der Waals surface area contributed by atoms with Crippen molar-refractivity contribution < 1.29 is 0 Å². The lowest BCUT2D eigenvalue weighted by molar-refractivity contribution is 1.04. The topological polar surface area (TPSA) is 96.0 Å². The van der Waals surface area contributed by atoms with E-state index in [1.807, 2.05) is 85.2 Å². The maximum absolute atomic E-state index is 5.09. The van der Waals surface area contributed by atoms with Gasteiger partial charge in [0, 0.05) is 0 Å². The highest BCUT2D eigenvalue weighted by Gasteiger charge is 2.21. The maximum atomic E-state index is 5.09. The summed E-state index contributed by atoms with van der Waals surface area (Å²) in [6.07, 6.45) is 3.66. The van der Waals surface area contributed by atoms with Gasteiger partial charge in [0.1, 0.15) is 0 Å². The number of imidazole rings is 4. The van der Waals surface area contributed by atoms with Crippen LogP contribution in [0.3, 0.4) is 0 Å². The molecule has 0 bridgehead atoms. The molecule has 6 aromatic carbocycles. The van der Waals surface area contributed by atoms with Gasteiger partial charge in [-0.15, -0.1) is 0 Å². The van der Waals surface area contributed by atoms with Crippen LogP contribution in [0.4, 0.5) is 0 Å². The van der Waals surface area contributed by atoms with Crippen molar-refractivity contribution in [2.24, 2.45) is 0 Å². The van der Waals surface area contributed by atoms with Crippen LogP contribution in [0, 0.1) is 0 Å². The van der Waals surface area contributed by atoms with E-state index in [-0.39, 0.29) is 0 Å². The van der Waals surface area contributed by atoms with Crippen LogP contribution in [0.2, 0.25) is 0 Å². The van der Waals surface area contributed by atoms with Crippen LogP contribution in [0.25, 0.3) is 101 Å². The molecule has 0 amide bonds. The van der Waals surface area contributed by atoms with E-state index in [1.54, 1.807) is 0 Å². The molecule has 52 heavy (non-hydrogen) atoms. The molecule has 0 radical (unpaired) electrons. The van der Waals surface area contributed by atoms with Crippen LogP contribution in [-0.2, 0) is 0 Å². The number of rotatable bonds is 3. The van der Waals surface area contributed by atoms with E-state index >= 15 is 0 Å². The Labute approximate surface area is 293 Å². The lowest BCUT2D eigenvalue weighted by Crippen LogP contribution is -2.00. The first-order chi connectivity index (χ1) is 25.8. The highest BCUT2D eigenvalue weighted by atomic mass is 15.3. The predicted octanol–water partition coefficient (Wildman–Crippen LogP) is 8.73. The summed E-state index contributed by atoms with van der Waals surface area (Å²) in [4.78, 5) is 29.7. The molecule has 0 aliphatic heterocycles. The molecule has 6 heterocycles. The molecule has 0 atom stereocenters. The number of aromatic nitrogens is 10. The van der Waals surface area contributed by atoms with E-state index in [2.05, 4.69) is 78.6 Å². The molecule has 12 aromatic rings. The molecular formula is C42H24N10. The van der Waals surface area contributed by atoms with Gasteiger partial charge in [0.25, 0.3) is 0 Å². The number of nitrogens with zero attached hydrogens (tertiary/aromatic N) is 10. The largest absolute Gasteiger partial charge is 0.276 e. The summed E-state index contributed by atoms with van der Waals surface area (Å²) in [7, 11) is 0. The van der Waals surface area contributed by atoms with Crippen molar-refractivity contribution in [2.75, 3.05) is 0 Å². The standard InChI is InChI=1S/C42H24N10/c1-3-11-29-27(9-1)43-23-39(45-29)51-35-19-17-25(21-37(35)49-33-15-7-5-13-31(33)47-41(49)51)26-18-20-36-38(22-26)50-34-16-8-6-14-32(34)48-42(50)52(36)40-24-44-28-10-2-4-12-30(28)46-40/h1-24H. The molecule has 0 spiro atoms. The van der Waals surface area contributed by atoms with Gasteiger partial charge in [-0.05, 0) is 83.9 Å². The van der Waals surface area contributed by atoms with Crippen molar-refractivity contribution in [2.45, 2.75) is 0 Å². The fourth-order valence-electron chi connectivity index (χ4n) is 7.72. The molecule has 6 aromatic heterocycles. The molecule has 10 heteroatoms. The number of benzene rings is 6. The number of hydrogen-bond acceptors (Lipinski definition) is 6. The third-order valence-electron chi connectivity index (χ3n) is 10.1. The third kappa shape index (κ3) is 3.72. The van der Waals surface area contributed by atoms with Crippen molar-refractivity contribution in [1.82, 2.24) is 47.8 Å². The van der Waals surface area contributed by atoms with Crippen LogP contribution in [0.5, 0.6) is 0 Å². The first kappa shape index (κ1) is 27.4. The van der Waals surface area contributed by atoms with E-state index in [9.17, 15) is 0 Å². The van der Waals surface area contributed by atoms with Crippen molar-refractivity contribution in [3.05, 3.63) is 146 Å². The monoisotopic (exact) mass is 668 g/mol. The summed E-state index contributed by atoms with van der Waals surface area (Å²) < 4.78 is 8.65. The summed E-state index contributed by atoms with van der Waals surface area (Å²) in [5.41, 5.74) is 13.5. The van der Waals surface area contributed by atoms with Crippen LogP contribution < -0.4 is 0 Å². The molecule has 10 nitrogen and oxygen atoms in total. The molecule has 0 unspecified atom stereocenters. The quantitative estimate of drug-likeness (QED) is 0.187. The van der Waals surface area contributed by atoms with Crippen molar-refractivity contribution in [3.63, 3.8) is 0 Å². The van der Waals surface area contributed by atoms with Crippen LogP contribution >= 0.6 is 0 Å². The van der Waals surface area contributed by atoms with E-state index in [4.69, 9.17) is 29.9 Å². The van der Waals surface area contributed by atoms with Gasteiger partial charge in [0.2, 0.25) is 11.6 Å². The second kappa shape index (κ2) is 10.1. The average Bonchev–Trinajstić information content (AvgIpc) is 3.93. The summed E-state index contributed by atoms with van der Waals surface area (Å²) in [5.74, 6) is 3.01. The summed E-state index contributed by atoms with van der Waals surface area (Å²) in [6.45, 7) is 0. The second-order valence-electron chi connectivity index (χ2n) is 13.0. The SMILES string of the molecule is c1ccc2nc(-n3c4ccc(-c5ccc6c(c5)n5c7ccccc7nc5n6-c5cnc6ccccc6n5)cc4n4c5ccccc5nc34)cnc2c1. The fraction of sp³-hybridized carbons (Fsp3) is 0. The number of hydrogen-bond donors (Lipinski definition) is 0. The van der Waals surface area contributed by atoms with E-state index < -0.39 is 0 Å². The Bertz CT molecular complexity index is 3210. The Kier molecular flexibility index (Phi) is 5.29. The van der Waals surface area contributed by atoms with Crippen LogP contribution in [0.15, 0.2) is 146 Å². The first-order valence-corrected chi connectivity index (χ1v) is 17.0. The Balaban J connectivity index is 1.11. The molecule has 0 saturated carbocycles. The van der Waals surface area contributed by atoms with Gasteiger partial charge in [-0.25, -0.2) is 19.9 Å². The van der Waals surface area contributed by atoms with Gasteiger partial charge in [-0.1, -0.05) is 60.7 Å². The zero-order valence-corrected chi connectivity index (χ0v) is 27.3.